The van der Waals surface area contributed by atoms with Gasteiger partial charge in [0.05, 0.1) is 11.7 Å². The lowest BCUT2D eigenvalue weighted by Crippen LogP contribution is -2.57. The van der Waals surface area contributed by atoms with Gasteiger partial charge in [0.2, 0.25) is 0 Å². The fourth-order valence-corrected chi connectivity index (χ4v) is 8.79. The molecule has 0 spiro atoms. The second-order valence-electron chi connectivity index (χ2n) is 11.8. The average Bonchev–Trinajstić information content (AvgIpc) is 3.17. The number of fused-ring (bicyclic) bond motifs is 5. The van der Waals surface area contributed by atoms with Crippen LogP contribution in [0.25, 0.3) is 0 Å². The van der Waals surface area contributed by atoms with Crippen LogP contribution in [-0.2, 0) is 9.53 Å². The summed E-state index contributed by atoms with van der Waals surface area (Å²) in [5.41, 5.74) is 0.555. The highest BCUT2D eigenvalue weighted by Gasteiger charge is 2.62. The van der Waals surface area contributed by atoms with E-state index in [1.165, 1.54) is 0 Å². The maximum atomic E-state index is 12.7. The molecule has 1 aromatic rings. The monoisotopic (exact) mass is 454 g/mol. The summed E-state index contributed by atoms with van der Waals surface area (Å²) in [4.78, 5) is 25.2. The third-order valence-electron chi connectivity index (χ3n) is 10.5. The van der Waals surface area contributed by atoms with E-state index in [0.717, 1.165) is 38.5 Å². The Labute approximate surface area is 196 Å². The molecule has 0 radical (unpaired) electrons. The molecule has 0 aliphatic heterocycles. The number of benzene rings is 1. The number of carbonyl (C=O) groups is 2. The number of aliphatic hydroxyl groups excluding tert-OH is 2. The van der Waals surface area contributed by atoms with Crippen LogP contribution in [0.3, 0.4) is 0 Å². The van der Waals surface area contributed by atoms with E-state index in [9.17, 15) is 19.8 Å². The third kappa shape index (κ3) is 3.67. The zero-order valence-electron chi connectivity index (χ0n) is 19.9. The van der Waals surface area contributed by atoms with Crippen molar-refractivity contribution in [2.45, 2.75) is 77.4 Å². The minimum atomic E-state index is -0.612. The van der Waals surface area contributed by atoms with Gasteiger partial charge in [-0.1, -0.05) is 32.0 Å². The first-order chi connectivity index (χ1) is 15.8. The molecule has 5 heteroatoms. The summed E-state index contributed by atoms with van der Waals surface area (Å²) in [6.45, 7) is 4.33. The molecule has 9 atom stereocenters. The van der Waals surface area contributed by atoms with Gasteiger partial charge in [0, 0.05) is 5.92 Å². The summed E-state index contributed by atoms with van der Waals surface area (Å²) in [6.07, 6.45) is 6.65. The van der Waals surface area contributed by atoms with E-state index >= 15 is 0 Å². The lowest BCUT2D eigenvalue weighted by molar-refractivity contribution is -0.162. The normalized spacial score (nSPS) is 44.3. The van der Waals surface area contributed by atoms with Gasteiger partial charge in [-0.3, -0.25) is 4.79 Å². The van der Waals surface area contributed by atoms with Crippen molar-refractivity contribution >= 4 is 11.8 Å². The maximum absolute atomic E-state index is 12.7. The molecule has 0 aromatic heterocycles. The first-order valence-corrected chi connectivity index (χ1v) is 12.9. The predicted molar refractivity (Wildman–Crippen MR) is 124 cm³/mol. The number of ether oxygens (including phenoxy) is 1. The minimum absolute atomic E-state index is 0.00245. The van der Waals surface area contributed by atoms with Gasteiger partial charge in [-0.05, 0) is 98.0 Å². The van der Waals surface area contributed by atoms with Gasteiger partial charge < -0.3 is 14.9 Å². The molecule has 4 aliphatic carbocycles. The van der Waals surface area contributed by atoms with Crippen LogP contribution in [0.4, 0.5) is 0 Å². The Morgan fingerprint density at radius 2 is 1.73 bits per heavy atom. The third-order valence-corrected chi connectivity index (χ3v) is 10.5. The maximum Gasteiger partial charge on any atom is 0.338 e. The molecular formula is C28H38O5. The van der Waals surface area contributed by atoms with Crippen LogP contribution < -0.4 is 0 Å². The summed E-state index contributed by atoms with van der Waals surface area (Å²) in [5, 5.41) is 20.4. The number of Topliss-reactive ketones (excluding diaryl/α,β-unsaturated/α-hetero) is 1. The highest BCUT2D eigenvalue weighted by molar-refractivity contribution is 5.89. The molecule has 0 heterocycles. The second-order valence-corrected chi connectivity index (χ2v) is 11.8. The fraction of sp³-hybridized carbons (Fsp3) is 0.714. The summed E-state index contributed by atoms with van der Waals surface area (Å²) >= 11 is 0. The molecule has 0 bridgehead atoms. The SMILES string of the molecule is CC12CC(OC(=O)c3ccccc3)C(O)CC1CCC1C2CCC2(C)C(C(=O)CO)CCC12. The van der Waals surface area contributed by atoms with Gasteiger partial charge in [-0.25, -0.2) is 4.79 Å². The highest BCUT2D eigenvalue weighted by Crippen LogP contribution is 2.67. The molecule has 9 unspecified atom stereocenters. The van der Waals surface area contributed by atoms with Crippen molar-refractivity contribution in [2.24, 2.45) is 40.4 Å². The summed E-state index contributed by atoms with van der Waals surface area (Å²) in [6, 6.07) is 9.03. The van der Waals surface area contributed by atoms with Crippen molar-refractivity contribution in [3.05, 3.63) is 35.9 Å². The van der Waals surface area contributed by atoms with Gasteiger partial charge in [0.1, 0.15) is 12.7 Å². The van der Waals surface area contributed by atoms with Crippen LogP contribution in [0.1, 0.15) is 75.6 Å². The molecule has 5 rings (SSSR count). The van der Waals surface area contributed by atoms with E-state index < -0.39 is 12.2 Å². The largest absolute Gasteiger partial charge is 0.456 e. The molecule has 4 fully saturated rings. The minimum Gasteiger partial charge on any atom is -0.456 e. The van der Waals surface area contributed by atoms with Gasteiger partial charge in [0.25, 0.3) is 0 Å². The Morgan fingerprint density at radius 1 is 1.00 bits per heavy atom. The molecule has 4 aliphatic rings. The molecule has 2 N–H and O–H groups in total. The molecule has 1 aromatic carbocycles. The van der Waals surface area contributed by atoms with Crippen molar-refractivity contribution in [3.8, 4) is 0 Å². The van der Waals surface area contributed by atoms with Gasteiger partial charge in [-0.2, -0.15) is 0 Å². The van der Waals surface area contributed by atoms with Crippen molar-refractivity contribution in [1.29, 1.82) is 0 Å². The fourth-order valence-electron chi connectivity index (χ4n) is 8.79. The Morgan fingerprint density at radius 3 is 2.45 bits per heavy atom. The van der Waals surface area contributed by atoms with Crippen molar-refractivity contribution in [2.75, 3.05) is 6.61 Å². The lowest BCUT2D eigenvalue weighted by atomic mass is 9.44. The predicted octanol–water partition coefficient (Wildman–Crippen LogP) is 4.40. The zero-order valence-corrected chi connectivity index (χ0v) is 19.9. The molecule has 4 saturated carbocycles. The van der Waals surface area contributed by atoms with Crippen LogP contribution in [0.2, 0.25) is 0 Å². The molecule has 180 valence electrons. The van der Waals surface area contributed by atoms with Crippen molar-refractivity contribution in [3.63, 3.8) is 0 Å². The number of hydrogen-bond acceptors (Lipinski definition) is 5. The number of ketones is 1. The van der Waals surface area contributed by atoms with Gasteiger partial charge in [0.15, 0.2) is 5.78 Å². The number of esters is 1. The molecule has 5 nitrogen and oxygen atoms in total. The zero-order chi connectivity index (χ0) is 23.4. The Hall–Kier alpha value is -1.72. The molecule has 0 amide bonds. The summed E-state index contributed by atoms with van der Waals surface area (Å²) < 4.78 is 5.89. The Balaban J connectivity index is 1.36. The van der Waals surface area contributed by atoms with Crippen molar-refractivity contribution < 1.29 is 24.5 Å². The number of hydrogen-bond donors (Lipinski definition) is 2. The first kappa shape index (κ1) is 23.0. The van der Waals surface area contributed by atoms with E-state index in [-0.39, 0.29) is 35.1 Å². The summed E-state index contributed by atoms with van der Waals surface area (Å²) in [5.74, 6) is 1.72. The van der Waals surface area contributed by atoms with Crippen LogP contribution >= 0.6 is 0 Å². The standard InChI is InChI=1S/C28H38O5/c1-27-13-12-21-19(20(27)10-11-22(27)24(31)16-29)9-8-18-14-23(30)25(15-28(18,21)2)33-26(32)17-6-4-3-5-7-17/h3-7,18-23,25,29-30H,8-16H2,1-2H3. The van der Waals surface area contributed by atoms with Crippen LogP contribution in [-0.4, -0.2) is 40.8 Å². The summed E-state index contributed by atoms with van der Waals surface area (Å²) in [7, 11) is 0. The second kappa shape index (κ2) is 8.49. The van der Waals surface area contributed by atoms with E-state index in [0.29, 0.717) is 42.1 Å². The lowest BCUT2D eigenvalue weighted by Gasteiger charge is -2.61. The average molecular weight is 455 g/mol. The van der Waals surface area contributed by atoms with E-state index in [1.807, 2.05) is 18.2 Å². The molecule has 33 heavy (non-hydrogen) atoms. The van der Waals surface area contributed by atoms with Gasteiger partial charge in [-0.15, -0.1) is 0 Å². The quantitative estimate of drug-likeness (QED) is 0.659. The topological polar surface area (TPSA) is 83.8 Å². The smallest absolute Gasteiger partial charge is 0.338 e. The van der Waals surface area contributed by atoms with Crippen LogP contribution in [0.5, 0.6) is 0 Å². The first-order valence-electron chi connectivity index (χ1n) is 12.9. The number of rotatable bonds is 4. The molecule has 0 saturated heterocycles. The Bertz CT molecular complexity index is 899. The highest BCUT2D eigenvalue weighted by atomic mass is 16.6. The van der Waals surface area contributed by atoms with E-state index in [2.05, 4.69) is 13.8 Å². The van der Waals surface area contributed by atoms with E-state index in [4.69, 9.17) is 4.74 Å². The van der Waals surface area contributed by atoms with Crippen molar-refractivity contribution in [1.82, 2.24) is 0 Å². The Kier molecular flexibility index (Phi) is 5.93. The van der Waals surface area contributed by atoms with Crippen LogP contribution in [0.15, 0.2) is 30.3 Å². The van der Waals surface area contributed by atoms with Crippen LogP contribution in [0, 0.1) is 40.4 Å². The van der Waals surface area contributed by atoms with E-state index in [1.54, 1.807) is 12.1 Å². The van der Waals surface area contributed by atoms with Gasteiger partial charge >= 0.3 is 5.97 Å². The molecular weight excluding hydrogens is 416 g/mol. The number of aliphatic hydroxyl groups is 2. The number of carbonyl (C=O) groups excluding carboxylic acids is 2.